The van der Waals surface area contributed by atoms with E-state index in [2.05, 4.69) is 0 Å². The van der Waals surface area contributed by atoms with Gasteiger partial charge < -0.3 is 9.80 Å². The lowest BCUT2D eigenvalue weighted by molar-refractivity contribution is -0.131. The van der Waals surface area contributed by atoms with E-state index in [0.29, 0.717) is 23.4 Å². The monoisotopic (exact) mass is 244 g/mol. The van der Waals surface area contributed by atoms with Crippen molar-refractivity contribution in [3.05, 3.63) is 10.6 Å². The van der Waals surface area contributed by atoms with Gasteiger partial charge in [0.1, 0.15) is 0 Å². The molecule has 0 aromatic rings. The van der Waals surface area contributed by atoms with Gasteiger partial charge in [0.2, 0.25) is 11.8 Å². The van der Waals surface area contributed by atoms with Crippen LogP contribution in [-0.4, -0.2) is 49.8 Å². The number of hydrogen-bond donors (Lipinski definition) is 0. The van der Waals surface area contributed by atoms with Crippen LogP contribution in [-0.2, 0) is 9.59 Å². The quantitative estimate of drug-likeness (QED) is 0.729. The van der Waals surface area contributed by atoms with E-state index in [9.17, 15) is 9.59 Å². The summed E-state index contributed by atoms with van der Waals surface area (Å²) in [6.45, 7) is 0. The Balaban J connectivity index is 2.91. The fourth-order valence-electron chi connectivity index (χ4n) is 1.77. The number of hydrogen-bond acceptors (Lipinski definition) is 2. The summed E-state index contributed by atoms with van der Waals surface area (Å²) in [5.41, 5.74) is 0.576. The van der Waals surface area contributed by atoms with Crippen molar-refractivity contribution in [3.8, 4) is 0 Å². The van der Waals surface area contributed by atoms with E-state index in [4.69, 9.17) is 11.6 Å². The maximum atomic E-state index is 11.8. The molecule has 1 aliphatic carbocycles. The molecule has 0 N–H and O–H groups in total. The van der Waals surface area contributed by atoms with Gasteiger partial charge in [0.25, 0.3) is 0 Å². The van der Waals surface area contributed by atoms with Gasteiger partial charge in [-0.2, -0.15) is 0 Å². The lowest BCUT2D eigenvalue weighted by Crippen LogP contribution is -2.29. The van der Waals surface area contributed by atoms with Crippen LogP contribution >= 0.6 is 11.6 Å². The predicted molar refractivity (Wildman–Crippen MR) is 63.0 cm³/mol. The SMILES string of the molecule is CN(C)C(=O)C1=C(Cl)C(C(=O)N(C)C)CC1. The van der Waals surface area contributed by atoms with Crippen molar-refractivity contribution in [1.82, 2.24) is 9.80 Å². The van der Waals surface area contributed by atoms with E-state index >= 15 is 0 Å². The van der Waals surface area contributed by atoms with Crippen LogP contribution in [0.25, 0.3) is 0 Å². The van der Waals surface area contributed by atoms with Crippen LogP contribution < -0.4 is 0 Å². The van der Waals surface area contributed by atoms with Gasteiger partial charge in [0, 0.05) is 38.8 Å². The Labute approximate surface area is 101 Å². The molecule has 0 bridgehead atoms. The lowest BCUT2D eigenvalue weighted by atomic mass is 10.1. The second-order valence-electron chi connectivity index (χ2n) is 4.35. The van der Waals surface area contributed by atoms with Crippen LogP contribution in [0.4, 0.5) is 0 Å². The average Bonchev–Trinajstić information content (AvgIpc) is 2.57. The summed E-state index contributed by atoms with van der Waals surface area (Å²) in [5, 5.41) is 0.414. The first-order valence-electron chi connectivity index (χ1n) is 5.17. The van der Waals surface area contributed by atoms with E-state index in [1.165, 1.54) is 9.80 Å². The van der Waals surface area contributed by atoms with Crippen LogP contribution in [0.15, 0.2) is 10.6 Å². The van der Waals surface area contributed by atoms with Gasteiger partial charge in [-0.1, -0.05) is 11.6 Å². The fourth-order valence-corrected chi connectivity index (χ4v) is 2.15. The van der Waals surface area contributed by atoms with E-state index in [0.717, 1.165) is 0 Å². The maximum Gasteiger partial charge on any atom is 0.250 e. The molecule has 0 radical (unpaired) electrons. The molecule has 1 atom stereocenters. The Hall–Kier alpha value is -1.03. The molecule has 0 spiro atoms. The minimum absolute atomic E-state index is 0.0356. The smallest absolute Gasteiger partial charge is 0.250 e. The zero-order valence-electron chi connectivity index (χ0n) is 10.1. The van der Waals surface area contributed by atoms with Crippen LogP contribution in [0.3, 0.4) is 0 Å². The van der Waals surface area contributed by atoms with Crippen LogP contribution in [0.1, 0.15) is 12.8 Å². The van der Waals surface area contributed by atoms with Gasteiger partial charge in [-0.25, -0.2) is 0 Å². The van der Waals surface area contributed by atoms with E-state index < -0.39 is 0 Å². The summed E-state index contributed by atoms with van der Waals surface area (Å²) in [5.74, 6) is -0.471. The second-order valence-corrected chi connectivity index (χ2v) is 4.76. The topological polar surface area (TPSA) is 40.6 Å². The standard InChI is InChI=1S/C11H17ClN2O2/c1-13(2)10(15)7-5-6-8(9(7)12)11(16)14(3)4/h7H,5-6H2,1-4H3. The third-order valence-electron chi connectivity index (χ3n) is 2.68. The number of carbonyl (C=O) groups is 2. The van der Waals surface area contributed by atoms with Gasteiger partial charge in [-0.3, -0.25) is 9.59 Å². The molecule has 2 amide bonds. The zero-order valence-corrected chi connectivity index (χ0v) is 10.8. The fraction of sp³-hybridized carbons (Fsp3) is 0.636. The number of carbonyl (C=O) groups excluding carboxylic acids is 2. The molecule has 0 aromatic heterocycles. The summed E-state index contributed by atoms with van der Waals surface area (Å²) in [6.07, 6.45) is 1.21. The highest BCUT2D eigenvalue weighted by Gasteiger charge is 2.34. The molecule has 5 heteroatoms. The van der Waals surface area contributed by atoms with Crippen LogP contribution in [0, 0.1) is 5.92 Å². The molecule has 0 heterocycles. The highest BCUT2D eigenvalue weighted by atomic mass is 35.5. The third-order valence-corrected chi connectivity index (χ3v) is 3.17. The first-order valence-corrected chi connectivity index (χ1v) is 5.55. The summed E-state index contributed by atoms with van der Waals surface area (Å²) in [7, 11) is 6.75. The molecule has 4 nitrogen and oxygen atoms in total. The third kappa shape index (κ3) is 2.38. The second kappa shape index (κ2) is 4.87. The Kier molecular flexibility index (Phi) is 3.97. The summed E-state index contributed by atoms with van der Waals surface area (Å²) in [6, 6.07) is 0. The molecule has 0 aliphatic heterocycles. The highest BCUT2D eigenvalue weighted by Crippen LogP contribution is 2.36. The molecule has 90 valence electrons. The Morgan fingerprint density at radius 1 is 1.19 bits per heavy atom. The normalized spacial score (nSPS) is 19.9. The number of rotatable bonds is 2. The molecule has 16 heavy (non-hydrogen) atoms. The highest BCUT2D eigenvalue weighted by molar-refractivity contribution is 6.34. The van der Waals surface area contributed by atoms with Gasteiger partial charge in [0.15, 0.2) is 0 Å². The number of halogens is 1. The van der Waals surface area contributed by atoms with Crippen molar-refractivity contribution >= 4 is 23.4 Å². The molecule has 0 saturated heterocycles. The minimum Gasteiger partial charge on any atom is -0.348 e. The molecular formula is C11H17ClN2O2. The lowest BCUT2D eigenvalue weighted by Gasteiger charge is -2.16. The first-order chi connectivity index (χ1) is 7.36. The van der Waals surface area contributed by atoms with Gasteiger partial charge in [-0.15, -0.1) is 0 Å². The molecule has 1 aliphatic rings. The zero-order chi connectivity index (χ0) is 12.5. The molecule has 1 rings (SSSR count). The van der Waals surface area contributed by atoms with E-state index in [1.807, 2.05) is 0 Å². The number of likely N-dealkylation sites (N-methyl/N-ethyl adjacent to an activating group) is 1. The van der Waals surface area contributed by atoms with Crippen molar-refractivity contribution in [3.63, 3.8) is 0 Å². The molecule has 0 saturated carbocycles. The molecule has 0 fully saturated rings. The first kappa shape index (κ1) is 13.0. The van der Waals surface area contributed by atoms with E-state index in [1.54, 1.807) is 28.2 Å². The van der Waals surface area contributed by atoms with Crippen molar-refractivity contribution in [1.29, 1.82) is 0 Å². The number of amides is 2. The molecule has 1 unspecified atom stereocenters. The van der Waals surface area contributed by atoms with Gasteiger partial charge in [-0.05, 0) is 12.8 Å². The Morgan fingerprint density at radius 3 is 2.19 bits per heavy atom. The van der Waals surface area contributed by atoms with Crippen molar-refractivity contribution in [2.24, 2.45) is 5.92 Å². The Bertz CT molecular complexity index is 348. The van der Waals surface area contributed by atoms with Crippen molar-refractivity contribution in [2.75, 3.05) is 28.2 Å². The molecule has 0 aromatic carbocycles. The van der Waals surface area contributed by atoms with Gasteiger partial charge >= 0.3 is 0 Å². The summed E-state index contributed by atoms with van der Waals surface area (Å²) < 4.78 is 0. The average molecular weight is 245 g/mol. The van der Waals surface area contributed by atoms with Crippen molar-refractivity contribution in [2.45, 2.75) is 12.8 Å². The largest absolute Gasteiger partial charge is 0.348 e. The summed E-state index contributed by atoms with van der Waals surface area (Å²) in [4.78, 5) is 26.5. The van der Waals surface area contributed by atoms with Crippen LogP contribution in [0.2, 0.25) is 0 Å². The maximum absolute atomic E-state index is 11.8. The Morgan fingerprint density at radius 2 is 1.75 bits per heavy atom. The van der Waals surface area contributed by atoms with Crippen LogP contribution in [0.5, 0.6) is 0 Å². The number of nitrogens with zero attached hydrogens (tertiary/aromatic N) is 2. The van der Waals surface area contributed by atoms with Crippen molar-refractivity contribution < 1.29 is 9.59 Å². The predicted octanol–water partition coefficient (Wildman–Crippen LogP) is 1.07. The molecular weight excluding hydrogens is 228 g/mol. The van der Waals surface area contributed by atoms with Gasteiger partial charge in [0.05, 0.1) is 5.92 Å². The van der Waals surface area contributed by atoms with E-state index in [-0.39, 0.29) is 17.7 Å². The summed E-state index contributed by atoms with van der Waals surface area (Å²) >= 11 is 6.11. The minimum atomic E-state index is -0.337.